The number of carbonyl (C=O) groups is 2. The number of aryl methyl sites for hydroxylation is 1. The molecule has 0 fully saturated rings. The summed E-state index contributed by atoms with van der Waals surface area (Å²) < 4.78 is 0. The third-order valence-electron chi connectivity index (χ3n) is 1.64. The van der Waals surface area contributed by atoms with Crippen molar-refractivity contribution in [2.75, 3.05) is 10.6 Å². The van der Waals surface area contributed by atoms with Crippen molar-refractivity contribution < 1.29 is 14.7 Å². The summed E-state index contributed by atoms with van der Waals surface area (Å²) in [6, 6.07) is 0. The fraction of sp³-hybridized carbons (Fsp3) is 0.333. The molecule has 0 spiro atoms. The second-order valence-electron chi connectivity index (χ2n) is 3.19. The summed E-state index contributed by atoms with van der Waals surface area (Å²) in [4.78, 5) is 29.3. The zero-order valence-corrected chi connectivity index (χ0v) is 9.16. The predicted molar refractivity (Wildman–Crippen MR) is 57.0 cm³/mol. The molecule has 86 valence electrons. The van der Waals surface area contributed by atoms with Gasteiger partial charge in [0.25, 0.3) is 0 Å². The normalized spacial score (nSPS) is 9.69. The Hall–Kier alpha value is -2.18. The number of anilines is 2. The first-order valence-electron chi connectivity index (χ1n) is 4.53. The molecule has 0 saturated carbocycles. The van der Waals surface area contributed by atoms with Crippen LogP contribution in [0.5, 0.6) is 5.75 Å². The first-order chi connectivity index (χ1) is 7.40. The number of carbonyl (C=O) groups excluding carboxylic acids is 2. The molecule has 1 heterocycles. The van der Waals surface area contributed by atoms with Crippen molar-refractivity contribution in [3.8, 4) is 5.75 Å². The molecule has 2 amide bonds. The van der Waals surface area contributed by atoms with Crippen LogP contribution >= 0.6 is 0 Å². The number of aromatic nitrogens is 2. The van der Waals surface area contributed by atoms with Crippen LogP contribution in [-0.4, -0.2) is 26.9 Å². The molecular formula is C9H12N4O3. The van der Waals surface area contributed by atoms with E-state index in [1.807, 2.05) is 0 Å². The lowest BCUT2D eigenvalue weighted by Crippen LogP contribution is -2.13. The van der Waals surface area contributed by atoms with Crippen LogP contribution in [0, 0.1) is 6.92 Å². The maximum atomic E-state index is 10.8. The highest BCUT2D eigenvalue weighted by molar-refractivity contribution is 5.90. The highest BCUT2D eigenvalue weighted by atomic mass is 16.3. The van der Waals surface area contributed by atoms with E-state index in [1.54, 1.807) is 0 Å². The van der Waals surface area contributed by atoms with Gasteiger partial charge in [-0.25, -0.2) is 4.98 Å². The number of nitrogens with one attached hydrogen (secondary N) is 2. The van der Waals surface area contributed by atoms with Crippen LogP contribution in [-0.2, 0) is 9.59 Å². The van der Waals surface area contributed by atoms with Gasteiger partial charge in [-0.1, -0.05) is 0 Å². The van der Waals surface area contributed by atoms with E-state index in [0.29, 0.717) is 0 Å². The summed E-state index contributed by atoms with van der Waals surface area (Å²) in [5, 5.41) is 14.3. The Balaban J connectivity index is 3.11. The lowest BCUT2D eigenvalue weighted by atomic mass is 10.4. The minimum Gasteiger partial charge on any atom is -0.503 e. The highest BCUT2D eigenvalue weighted by Crippen LogP contribution is 2.24. The fourth-order valence-electron chi connectivity index (χ4n) is 1.03. The van der Waals surface area contributed by atoms with Gasteiger partial charge in [0.1, 0.15) is 0 Å². The molecule has 0 aliphatic heterocycles. The van der Waals surface area contributed by atoms with E-state index in [2.05, 4.69) is 20.6 Å². The number of amides is 2. The molecule has 0 bridgehead atoms. The van der Waals surface area contributed by atoms with Gasteiger partial charge in [0, 0.05) is 13.8 Å². The van der Waals surface area contributed by atoms with Crippen molar-refractivity contribution in [3.63, 3.8) is 0 Å². The van der Waals surface area contributed by atoms with E-state index in [9.17, 15) is 14.7 Å². The molecule has 1 rings (SSSR count). The van der Waals surface area contributed by atoms with Crippen LogP contribution in [0.2, 0.25) is 0 Å². The quantitative estimate of drug-likeness (QED) is 0.674. The summed E-state index contributed by atoms with van der Waals surface area (Å²) in [7, 11) is 0. The van der Waals surface area contributed by atoms with E-state index in [4.69, 9.17) is 0 Å². The number of rotatable bonds is 2. The van der Waals surface area contributed by atoms with Gasteiger partial charge >= 0.3 is 0 Å². The van der Waals surface area contributed by atoms with Crippen molar-refractivity contribution in [2.24, 2.45) is 0 Å². The molecule has 0 aliphatic carbocycles. The topological polar surface area (TPSA) is 104 Å². The van der Waals surface area contributed by atoms with Crippen molar-refractivity contribution in [1.29, 1.82) is 0 Å². The number of aromatic hydroxyl groups is 1. The molecule has 0 saturated heterocycles. The maximum Gasteiger partial charge on any atom is 0.231 e. The molecule has 0 radical (unpaired) electrons. The third kappa shape index (κ3) is 2.91. The Morgan fingerprint density at radius 2 is 1.69 bits per heavy atom. The minimum absolute atomic E-state index is 0.0243. The summed E-state index contributed by atoms with van der Waals surface area (Å²) >= 11 is 0. The summed E-state index contributed by atoms with van der Waals surface area (Å²) in [6.07, 6.45) is 0. The molecule has 0 atom stereocenters. The van der Waals surface area contributed by atoms with Crippen molar-refractivity contribution in [1.82, 2.24) is 9.97 Å². The molecule has 7 nitrogen and oxygen atoms in total. The first-order valence-corrected chi connectivity index (χ1v) is 4.53. The van der Waals surface area contributed by atoms with Crippen LogP contribution in [0.25, 0.3) is 0 Å². The number of hydrogen-bond acceptors (Lipinski definition) is 5. The van der Waals surface area contributed by atoms with E-state index < -0.39 is 0 Å². The molecule has 1 aromatic heterocycles. The molecule has 7 heteroatoms. The Kier molecular flexibility index (Phi) is 3.39. The maximum absolute atomic E-state index is 10.8. The SMILES string of the molecule is CC(=O)Nc1nc(C)c(O)c(NC(C)=O)n1. The molecule has 0 aromatic carbocycles. The van der Waals surface area contributed by atoms with Gasteiger partial charge in [0.05, 0.1) is 5.69 Å². The van der Waals surface area contributed by atoms with Crippen molar-refractivity contribution in [2.45, 2.75) is 20.8 Å². The zero-order valence-electron chi connectivity index (χ0n) is 9.16. The average molecular weight is 224 g/mol. The van der Waals surface area contributed by atoms with Gasteiger partial charge in [-0.3, -0.25) is 14.9 Å². The average Bonchev–Trinajstić information content (AvgIpc) is 2.11. The Morgan fingerprint density at radius 3 is 2.19 bits per heavy atom. The minimum atomic E-state index is -0.373. The van der Waals surface area contributed by atoms with Gasteiger partial charge in [0.2, 0.25) is 17.8 Å². The molecule has 0 aliphatic rings. The van der Waals surface area contributed by atoms with Gasteiger partial charge in [-0.15, -0.1) is 0 Å². The van der Waals surface area contributed by atoms with E-state index in [0.717, 1.165) is 0 Å². The Labute approximate surface area is 91.9 Å². The molecule has 1 aromatic rings. The summed E-state index contributed by atoms with van der Waals surface area (Å²) in [5.74, 6) is -0.916. The monoisotopic (exact) mass is 224 g/mol. The van der Waals surface area contributed by atoms with Crippen LogP contribution in [0.4, 0.5) is 11.8 Å². The van der Waals surface area contributed by atoms with Crippen LogP contribution in [0.3, 0.4) is 0 Å². The number of hydrogen-bond donors (Lipinski definition) is 3. The predicted octanol–water partition coefficient (Wildman–Crippen LogP) is 0.407. The van der Waals surface area contributed by atoms with Gasteiger partial charge in [0.15, 0.2) is 11.6 Å². The summed E-state index contributed by atoms with van der Waals surface area (Å²) in [6.45, 7) is 4.13. The van der Waals surface area contributed by atoms with Crippen LogP contribution < -0.4 is 10.6 Å². The summed E-state index contributed by atoms with van der Waals surface area (Å²) in [5.41, 5.74) is 0.266. The van der Waals surface area contributed by atoms with E-state index in [1.165, 1.54) is 20.8 Å². The Morgan fingerprint density at radius 1 is 1.12 bits per heavy atom. The Bertz CT molecular complexity index is 445. The lowest BCUT2D eigenvalue weighted by Gasteiger charge is -2.08. The van der Waals surface area contributed by atoms with Crippen molar-refractivity contribution >= 4 is 23.6 Å². The fourth-order valence-corrected chi connectivity index (χ4v) is 1.03. The second-order valence-corrected chi connectivity index (χ2v) is 3.19. The first kappa shape index (κ1) is 11.9. The van der Waals surface area contributed by atoms with Gasteiger partial charge < -0.3 is 10.4 Å². The highest BCUT2D eigenvalue weighted by Gasteiger charge is 2.12. The smallest absolute Gasteiger partial charge is 0.231 e. The van der Waals surface area contributed by atoms with Crippen LogP contribution in [0.15, 0.2) is 0 Å². The van der Waals surface area contributed by atoms with Crippen molar-refractivity contribution in [3.05, 3.63) is 5.69 Å². The molecule has 0 unspecified atom stereocenters. The zero-order chi connectivity index (χ0) is 12.3. The standard InChI is InChI=1S/C9H12N4O3/c1-4-7(16)8(11-5(2)14)13-9(10-4)12-6(3)15/h16H,1-3H3,(H2,10,11,12,13,14,15). The molecular weight excluding hydrogens is 212 g/mol. The third-order valence-corrected chi connectivity index (χ3v) is 1.64. The van der Waals surface area contributed by atoms with E-state index in [-0.39, 0.29) is 35.0 Å². The lowest BCUT2D eigenvalue weighted by molar-refractivity contribution is -0.115. The number of nitrogens with zero attached hydrogens (tertiary/aromatic N) is 2. The largest absolute Gasteiger partial charge is 0.503 e. The van der Waals surface area contributed by atoms with Gasteiger partial charge in [-0.2, -0.15) is 4.98 Å². The van der Waals surface area contributed by atoms with Gasteiger partial charge in [-0.05, 0) is 6.92 Å². The van der Waals surface area contributed by atoms with Crippen LogP contribution in [0.1, 0.15) is 19.5 Å². The molecule has 16 heavy (non-hydrogen) atoms. The van der Waals surface area contributed by atoms with E-state index >= 15 is 0 Å². The second kappa shape index (κ2) is 4.56. The molecule has 3 N–H and O–H groups in total.